The van der Waals surface area contributed by atoms with E-state index >= 15 is 0 Å². The first kappa shape index (κ1) is 20.0. The predicted molar refractivity (Wildman–Crippen MR) is 90.4 cm³/mol. The van der Waals surface area contributed by atoms with E-state index in [-0.39, 0.29) is 13.2 Å². The smallest absolute Gasteiger partial charge is 0.411 e. The Morgan fingerprint density at radius 1 is 1.19 bits per heavy atom. The van der Waals surface area contributed by atoms with Gasteiger partial charge < -0.3 is 23.8 Å². The standard InChI is InChI=1S/C15H22N2O9S/c1-15(2,3)25-14(19)16-7-27-6-8(16)13(18)24-9-4-22-12-10(26-17(20)21)5-23-11(9)12/h8-12H,4-7H2,1-3H3/t8?,9-,10+,11+,12+/m0/s1. The molecular weight excluding hydrogens is 384 g/mol. The maximum Gasteiger partial charge on any atom is 0.411 e. The van der Waals surface area contributed by atoms with Crippen LogP contribution < -0.4 is 0 Å². The van der Waals surface area contributed by atoms with Crippen molar-refractivity contribution in [3.63, 3.8) is 0 Å². The van der Waals surface area contributed by atoms with E-state index in [1.54, 1.807) is 20.8 Å². The van der Waals surface area contributed by atoms with E-state index in [0.29, 0.717) is 11.6 Å². The van der Waals surface area contributed by atoms with Crippen LogP contribution in [0.5, 0.6) is 0 Å². The average molecular weight is 406 g/mol. The van der Waals surface area contributed by atoms with Crippen molar-refractivity contribution in [2.24, 2.45) is 0 Å². The molecule has 152 valence electrons. The van der Waals surface area contributed by atoms with Crippen LogP contribution in [0.2, 0.25) is 0 Å². The lowest BCUT2D eigenvalue weighted by atomic mass is 10.1. The molecule has 12 heteroatoms. The molecule has 27 heavy (non-hydrogen) atoms. The first-order valence-corrected chi connectivity index (χ1v) is 9.63. The average Bonchev–Trinajstić information content (AvgIpc) is 3.23. The molecule has 3 heterocycles. The van der Waals surface area contributed by atoms with Crippen LogP contribution in [0.4, 0.5) is 4.79 Å². The summed E-state index contributed by atoms with van der Waals surface area (Å²) in [4.78, 5) is 41.3. The molecule has 1 amide bonds. The lowest BCUT2D eigenvalue weighted by Gasteiger charge is -2.28. The van der Waals surface area contributed by atoms with Crippen LogP contribution >= 0.6 is 11.8 Å². The molecule has 11 nitrogen and oxygen atoms in total. The van der Waals surface area contributed by atoms with Crippen molar-refractivity contribution in [1.82, 2.24) is 4.90 Å². The molecule has 1 unspecified atom stereocenters. The number of carbonyl (C=O) groups is 2. The SMILES string of the molecule is CC(C)(C)OC(=O)N1CSCC1C(=O)O[C@H]1CO[C@H]2[C@@H]1OC[C@H]2O[N+](=O)[O-]. The van der Waals surface area contributed by atoms with Crippen LogP contribution in [0.15, 0.2) is 0 Å². The molecule has 3 aliphatic heterocycles. The number of amides is 1. The third-order valence-corrected chi connectivity index (χ3v) is 5.25. The summed E-state index contributed by atoms with van der Waals surface area (Å²) in [5.41, 5.74) is -0.672. The second-order valence-corrected chi connectivity index (χ2v) is 8.40. The van der Waals surface area contributed by atoms with E-state index in [0.717, 1.165) is 0 Å². The Labute approximate surface area is 159 Å². The van der Waals surface area contributed by atoms with Crippen LogP contribution in [0.25, 0.3) is 0 Å². The van der Waals surface area contributed by atoms with Gasteiger partial charge in [-0.2, -0.15) is 0 Å². The van der Waals surface area contributed by atoms with E-state index in [2.05, 4.69) is 4.84 Å². The molecule has 0 aliphatic carbocycles. The first-order chi connectivity index (χ1) is 12.7. The van der Waals surface area contributed by atoms with Crippen LogP contribution in [-0.2, 0) is 28.6 Å². The highest BCUT2D eigenvalue weighted by Crippen LogP contribution is 2.32. The van der Waals surface area contributed by atoms with E-state index in [9.17, 15) is 19.7 Å². The van der Waals surface area contributed by atoms with Crippen molar-refractivity contribution in [1.29, 1.82) is 0 Å². The minimum atomic E-state index is -0.895. The van der Waals surface area contributed by atoms with E-state index in [4.69, 9.17) is 18.9 Å². The third kappa shape index (κ3) is 4.55. The third-order valence-electron chi connectivity index (χ3n) is 4.23. The van der Waals surface area contributed by atoms with Gasteiger partial charge in [-0.25, -0.2) is 9.59 Å². The maximum absolute atomic E-state index is 12.6. The molecule has 3 aliphatic rings. The molecule has 0 N–H and O–H groups in total. The lowest BCUT2D eigenvalue weighted by molar-refractivity contribution is -0.769. The van der Waals surface area contributed by atoms with Crippen LogP contribution in [0, 0.1) is 10.1 Å². The topological polar surface area (TPSA) is 127 Å². The second-order valence-electron chi connectivity index (χ2n) is 7.40. The molecule has 5 atom stereocenters. The van der Waals surface area contributed by atoms with Crippen molar-refractivity contribution in [2.45, 2.75) is 56.8 Å². The van der Waals surface area contributed by atoms with E-state index in [1.807, 2.05) is 0 Å². The summed E-state index contributed by atoms with van der Waals surface area (Å²) < 4.78 is 21.8. The highest BCUT2D eigenvalue weighted by Gasteiger charge is 2.52. The Balaban J connectivity index is 1.57. The summed E-state index contributed by atoms with van der Waals surface area (Å²) in [5, 5.41) is 9.62. The molecule has 0 radical (unpaired) electrons. The monoisotopic (exact) mass is 406 g/mol. The van der Waals surface area contributed by atoms with Crippen molar-refractivity contribution >= 4 is 23.8 Å². The second kappa shape index (κ2) is 7.68. The normalized spacial score (nSPS) is 32.9. The predicted octanol–water partition coefficient (Wildman–Crippen LogP) is 0.583. The molecule has 0 spiro atoms. The quantitative estimate of drug-likeness (QED) is 0.372. The van der Waals surface area contributed by atoms with Crippen molar-refractivity contribution in [3.8, 4) is 0 Å². The van der Waals surface area contributed by atoms with Gasteiger partial charge >= 0.3 is 12.1 Å². The molecule has 3 fully saturated rings. The van der Waals surface area contributed by atoms with Gasteiger partial charge in [0.15, 0.2) is 12.2 Å². The van der Waals surface area contributed by atoms with Gasteiger partial charge in [-0.05, 0) is 20.8 Å². The summed E-state index contributed by atoms with van der Waals surface area (Å²) in [5.74, 6) is 0.146. The maximum atomic E-state index is 12.6. The molecule has 3 rings (SSSR count). The van der Waals surface area contributed by atoms with Gasteiger partial charge in [0, 0.05) is 5.75 Å². The minimum Gasteiger partial charge on any atom is -0.455 e. The van der Waals surface area contributed by atoms with Gasteiger partial charge in [0.1, 0.15) is 23.9 Å². The van der Waals surface area contributed by atoms with Crippen LogP contribution in [-0.4, -0.2) is 83.0 Å². The highest BCUT2D eigenvalue weighted by molar-refractivity contribution is 7.99. The molecule has 0 aromatic rings. The van der Waals surface area contributed by atoms with Crippen molar-refractivity contribution in [3.05, 3.63) is 10.1 Å². The molecule has 0 aromatic carbocycles. The number of rotatable bonds is 4. The fourth-order valence-electron chi connectivity index (χ4n) is 3.10. The van der Waals surface area contributed by atoms with E-state index < -0.39 is 53.2 Å². The zero-order valence-electron chi connectivity index (χ0n) is 15.2. The molecular formula is C15H22N2O9S. The fraction of sp³-hybridized carbons (Fsp3) is 0.867. The minimum absolute atomic E-state index is 0.0202. The summed E-state index contributed by atoms with van der Waals surface area (Å²) in [6.45, 7) is 5.27. The number of esters is 1. The fourth-order valence-corrected chi connectivity index (χ4v) is 4.22. The Morgan fingerprint density at radius 3 is 2.44 bits per heavy atom. The Hall–Kier alpha value is -1.79. The van der Waals surface area contributed by atoms with Gasteiger partial charge in [-0.3, -0.25) is 4.90 Å². The Bertz CT molecular complexity index is 611. The number of nitrogens with zero attached hydrogens (tertiary/aromatic N) is 2. The van der Waals surface area contributed by atoms with Gasteiger partial charge in [-0.15, -0.1) is 21.9 Å². The molecule has 0 aromatic heterocycles. The number of hydrogen-bond donors (Lipinski definition) is 0. The summed E-state index contributed by atoms with van der Waals surface area (Å²) in [6.07, 6.45) is -3.45. The zero-order valence-corrected chi connectivity index (χ0v) is 16.0. The van der Waals surface area contributed by atoms with Gasteiger partial charge in [0.25, 0.3) is 5.09 Å². The molecule has 3 saturated heterocycles. The van der Waals surface area contributed by atoms with E-state index in [1.165, 1.54) is 16.7 Å². The summed E-state index contributed by atoms with van der Waals surface area (Å²) >= 11 is 1.42. The largest absolute Gasteiger partial charge is 0.455 e. The highest BCUT2D eigenvalue weighted by atomic mass is 32.2. The summed E-state index contributed by atoms with van der Waals surface area (Å²) in [6, 6.07) is -0.767. The summed E-state index contributed by atoms with van der Waals surface area (Å²) in [7, 11) is 0. The van der Waals surface area contributed by atoms with Gasteiger partial charge in [-0.1, -0.05) is 0 Å². The van der Waals surface area contributed by atoms with Gasteiger partial charge in [0.05, 0.1) is 19.1 Å². The number of hydrogen-bond acceptors (Lipinski definition) is 10. The van der Waals surface area contributed by atoms with Crippen LogP contribution in [0.3, 0.4) is 0 Å². The molecule has 0 saturated carbocycles. The first-order valence-electron chi connectivity index (χ1n) is 8.48. The van der Waals surface area contributed by atoms with Crippen LogP contribution in [0.1, 0.15) is 20.8 Å². The molecule has 0 bridgehead atoms. The van der Waals surface area contributed by atoms with Crippen molar-refractivity contribution < 1.29 is 38.5 Å². The Morgan fingerprint density at radius 2 is 1.81 bits per heavy atom. The number of thioether (sulfide) groups is 1. The number of ether oxygens (including phenoxy) is 4. The lowest BCUT2D eigenvalue weighted by Crippen LogP contribution is -2.47. The Kier molecular flexibility index (Phi) is 5.68. The zero-order chi connectivity index (χ0) is 19.8. The van der Waals surface area contributed by atoms with Gasteiger partial charge in [0.2, 0.25) is 0 Å². The van der Waals surface area contributed by atoms with Crippen molar-refractivity contribution in [2.75, 3.05) is 24.8 Å². The number of fused-ring (bicyclic) bond motifs is 1. The number of carbonyl (C=O) groups excluding carboxylic acids is 2.